The summed E-state index contributed by atoms with van der Waals surface area (Å²) >= 11 is 0. The summed E-state index contributed by atoms with van der Waals surface area (Å²) in [5.41, 5.74) is 1.34. The lowest BCUT2D eigenvalue weighted by molar-refractivity contribution is 0.0945. The molecule has 0 aliphatic rings. The predicted octanol–water partition coefficient (Wildman–Crippen LogP) is 1.13. The Kier molecular flexibility index (Phi) is 4.85. The van der Waals surface area contributed by atoms with Crippen LogP contribution in [0.1, 0.15) is 22.7 Å². The molecule has 0 aliphatic heterocycles. The van der Waals surface area contributed by atoms with E-state index in [0.29, 0.717) is 24.7 Å². The SMILES string of the molecule is COCCCn1cnnc1CNC(=O)c1nn(C)c2ccccc12. The largest absolute Gasteiger partial charge is 0.385 e. The molecule has 1 N–H and O–H groups in total. The van der Waals surface area contributed by atoms with Crippen LogP contribution in [0.2, 0.25) is 0 Å². The molecular formula is C16H20N6O2. The number of para-hydroxylation sites is 1. The Balaban J connectivity index is 1.68. The lowest BCUT2D eigenvalue weighted by Crippen LogP contribution is -2.25. The molecule has 0 bridgehead atoms. The number of aromatic nitrogens is 5. The molecule has 1 amide bonds. The van der Waals surface area contributed by atoms with Crippen molar-refractivity contribution in [1.29, 1.82) is 0 Å². The number of nitrogens with one attached hydrogen (secondary N) is 1. The van der Waals surface area contributed by atoms with Gasteiger partial charge in [0, 0.05) is 32.7 Å². The second kappa shape index (κ2) is 7.22. The van der Waals surface area contributed by atoms with Gasteiger partial charge in [-0.25, -0.2) is 0 Å². The number of nitrogens with zero attached hydrogens (tertiary/aromatic N) is 5. The van der Waals surface area contributed by atoms with Gasteiger partial charge in [-0.2, -0.15) is 5.10 Å². The van der Waals surface area contributed by atoms with E-state index in [9.17, 15) is 4.79 Å². The second-order valence-corrected chi connectivity index (χ2v) is 5.46. The third-order valence-corrected chi connectivity index (χ3v) is 3.82. The summed E-state index contributed by atoms with van der Waals surface area (Å²) in [5.74, 6) is 0.484. The summed E-state index contributed by atoms with van der Waals surface area (Å²) < 4.78 is 8.66. The molecule has 8 heteroatoms. The first-order chi connectivity index (χ1) is 11.7. The van der Waals surface area contributed by atoms with Crippen molar-refractivity contribution in [2.24, 2.45) is 7.05 Å². The monoisotopic (exact) mass is 328 g/mol. The minimum Gasteiger partial charge on any atom is -0.385 e. The molecule has 2 aromatic heterocycles. The van der Waals surface area contributed by atoms with Gasteiger partial charge in [0.25, 0.3) is 5.91 Å². The van der Waals surface area contributed by atoms with Crippen molar-refractivity contribution in [2.75, 3.05) is 13.7 Å². The fourth-order valence-corrected chi connectivity index (χ4v) is 2.61. The van der Waals surface area contributed by atoms with E-state index in [1.165, 1.54) is 0 Å². The average molecular weight is 328 g/mol. The van der Waals surface area contributed by atoms with Crippen molar-refractivity contribution in [3.05, 3.63) is 42.1 Å². The van der Waals surface area contributed by atoms with E-state index in [-0.39, 0.29) is 5.91 Å². The van der Waals surface area contributed by atoms with Gasteiger partial charge in [0.15, 0.2) is 11.5 Å². The molecule has 3 aromatic rings. The molecule has 0 unspecified atom stereocenters. The number of rotatable bonds is 7. The standard InChI is InChI=1S/C16H20N6O2/c1-21-13-7-4-3-6-12(13)15(20-21)16(23)17-10-14-19-18-11-22(14)8-5-9-24-2/h3-4,6-7,11H,5,8-10H2,1-2H3,(H,17,23). The van der Waals surface area contributed by atoms with Crippen LogP contribution >= 0.6 is 0 Å². The van der Waals surface area contributed by atoms with E-state index < -0.39 is 0 Å². The van der Waals surface area contributed by atoms with Crippen LogP contribution < -0.4 is 5.32 Å². The predicted molar refractivity (Wildman–Crippen MR) is 88.4 cm³/mol. The Hall–Kier alpha value is -2.74. The number of hydrogen-bond donors (Lipinski definition) is 1. The first-order valence-electron chi connectivity index (χ1n) is 7.76. The summed E-state index contributed by atoms with van der Waals surface area (Å²) in [7, 11) is 3.50. The summed E-state index contributed by atoms with van der Waals surface area (Å²) in [6, 6.07) is 7.65. The quantitative estimate of drug-likeness (QED) is 0.657. The van der Waals surface area contributed by atoms with Gasteiger partial charge in [-0.1, -0.05) is 18.2 Å². The summed E-state index contributed by atoms with van der Waals surface area (Å²) in [6.45, 7) is 1.72. The topological polar surface area (TPSA) is 86.9 Å². The van der Waals surface area contributed by atoms with Crippen molar-refractivity contribution in [3.63, 3.8) is 0 Å². The fraction of sp³-hybridized carbons (Fsp3) is 0.375. The highest BCUT2D eigenvalue weighted by Gasteiger charge is 2.16. The zero-order chi connectivity index (χ0) is 16.9. The van der Waals surface area contributed by atoms with Crippen LogP contribution in [0.4, 0.5) is 0 Å². The highest BCUT2D eigenvalue weighted by atomic mass is 16.5. The van der Waals surface area contributed by atoms with Gasteiger partial charge in [0.2, 0.25) is 0 Å². The number of carbonyl (C=O) groups excluding carboxylic acids is 1. The smallest absolute Gasteiger partial charge is 0.272 e. The molecule has 0 fully saturated rings. The van der Waals surface area contributed by atoms with Crippen LogP contribution in [-0.4, -0.2) is 44.2 Å². The highest BCUT2D eigenvalue weighted by molar-refractivity contribution is 6.04. The van der Waals surface area contributed by atoms with Gasteiger partial charge >= 0.3 is 0 Å². The Morgan fingerprint density at radius 2 is 2.17 bits per heavy atom. The third kappa shape index (κ3) is 3.28. The molecule has 1 aromatic carbocycles. The zero-order valence-electron chi connectivity index (χ0n) is 13.8. The molecule has 8 nitrogen and oxygen atoms in total. The van der Waals surface area contributed by atoms with E-state index >= 15 is 0 Å². The number of methoxy groups -OCH3 is 1. The number of ether oxygens (including phenoxy) is 1. The zero-order valence-corrected chi connectivity index (χ0v) is 13.8. The van der Waals surface area contributed by atoms with Gasteiger partial charge in [-0.3, -0.25) is 9.48 Å². The number of fused-ring (bicyclic) bond motifs is 1. The molecule has 3 rings (SSSR count). The van der Waals surface area contributed by atoms with E-state index in [1.54, 1.807) is 18.1 Å². The first-order valence-corrected chi connectivity index (χ1v) is 7.76. The van der Waals surface area contributed by atoms with Gasteiger partial charge in [0.1, 0.15) is 6.33 Å². The molecule has 0 radical (unpaired) electrons. The summed E-state index contributed by atoms with van der Waals surface area (Å²) in [4.78, 5) is 12.5. The number of carbonyl (C=O) groups is 1. The van der Waals surface area contributed by atoms with E-state index in [0.717, 1.165) is 23.9 Å². The molecule has 0 atom stereocenters. The number of aryl methyl sites for hydroxylation is 2. The van der Waals surface area contributed by atoms with Crippen LogP contribution in [-0.2, 0) is 24.9 Å². The maximum absolute atomic E-state index is 12.5. The third-order valence-electron chi connectivity index (χ3n) is 3.82. The molecule has 2 heterocycles. The minimum absolute atomic E-state index is 0.224. The molecule has 0 aliphatic carbocycles. The lowest BCUT2D eigenvalue weighted by Gasteiger charge is -2.07. The number of amides is 1. The van der Waals surface area contributed by atoms with Crippen molar-refractivity contribution in [3.8, 4) is 0 Å². The maximum Gasteiger partial charge on any atom is 0.272 e. The van der Waals surface area contributed by atoms with Crippen molar-refractivity contribution in [1.82, 2.24) is 29.9 Å². The maximum atomic E-state index is 12.5. The molecule has 24 heavy (non-hydrogen) atoms. The van der Waals surface area contributed by atoms with Crippen molar-refractivity contribution >= 4 is 16.8 Å². The number of benzene rings is 1. The Morgan fingerprint density at radius 1 is 1.33 bits per heavy atom. The van der Waals surface area contributed by atoms with Crippen LogP contribution in [0.15, 0.2) is 30.6 Å². The van der Waals surface area contributed by atoms with E-state index in [2.05, 4.69) is 20.6 Å². The molecule has 0 saturated heterocycles. The van der Waals surface area contributed by atoms with Crippen LogP contribution in [0, 0.1) is 0 Å². The molecular weight excluding hydrogens is 308 g/mol. The number of hydrogen-bond acceptors (Lipinski definition) is 5. The highest BCUT2D eigenvalue weighted by Crippen LogP contribution is 2.17. The van der Waals surface area contributed by atoms with Gasteiger partial charge in [-0.15, -0.1) is 10.2 Å². The molecule has 126 valence electrons. The molecule has 0 saturated carbocycles. The fourth-order valence-electron chi connectivity index (χ4n) is 2.61. The van der Waals surface area contributed by atoms with Gasteiger partial charge in [0.05, 0.1) is 12.1 Å². The van der Waals surface area contributed by atoms with Crippen LogP contribution in [0.5, 0.6) is 0 Å². The summed E-state index contributed by atoms with van der Waals surface area (Å²) in [6.07, 6.45) is 2.52. The Morgan fingerprint density at radius 3 is 3.00 bits per heavy atom. The average Bonchev–Trinajstić information content (AvgIpc) is 3.18. The normalized spacial score (nSPS) is 11.1. The van der Waals surface area contributed by atoms with E-state index in [4.69, 9.17) is 4.74 Å². The van der Waals surface area contributed by atoms with E-state index in [1.807, 2.05) is 35.9 Å². The second-order valence-electron chi connectivity index (χ2n) is 5.46. The Bertz CT molecular complexity index is 838. The van der Waals surface area contributed by atoms with Crippen molar-refractivity contribution in [2.45, 2.75) is 19.5 Å². The van der Waals surface area contributed by atoms with Gasteiger partial charge < -0.3 is 14.6 Å². The molecule has 0 spiro atoms. The lowest BCUT2D eigenvalue weighted by atomic mass is 10.2. The Labute approximate surface area is 139 Å². The van der Waals surface area contributed by atoms with Crippen LogP contribution in [0.3, 0.4) is 0 Å². The van der Waals surface area contributed by atoms with Crippen molar-refractivity contribution < 1.29 is 9.53 Å². The summed E-state index contributed by atoms with van der Waals surface area (Å²) in [5, 5.41) is 16.0. The van der Waals surface area contributed by atoms with Crippen LogP contribution in [0.25, 0.3) is 10.9 Å². The first kappa shape index (κ1) is 16.1. The minimum atomic E-state index is -0.224. The van der Waals surface area contributed by atoms with Gasteiger partial charge in [-0.05, 0) is 12.5 Å².